The van der Waals surface area contributed by atoms with Gasteiger partial charge >= 0.3 is 0 Å². The Kier molecular flexibility index (Phi) is 3.09. The third-order valence-corrected chi connectivity index (χ3v) is 7.01. The van der Waals surface area contributed by atoms with Crippen molar-refractivity contribution in [2.75, 3.05) is 17.5 Å². The van der Waals surface area contributed by atoms with Crippen molar-refractivity contribution in [2.24, 2.45) is 0 Å². The van der Waals surface area contributed by atoms with Gasteiger partial charge in [0.15, 0.2) is 0 Å². The van der Waals surface area contributed by atoms with Gasteiger partial charge in [0, 0.05) is 4.70 Å². The summed E-state index contributed by atoms with van der Waals surface area (Å²) in [6, 6.07) is 16.7. The largest absolute Gasteiger partial charge is 0.489 e. The highest BCUT2D eigenvalue weighted by molar-refractivity contribution is 7.95. The quantitative estimate of drug-likeness (QED) is 0.722. The van der Waals surface area contributed by atoms with Gasteiger partial charge < -0.3 is 4.74 Å². The summed E-state index contributed by atoms with van der Waals surface area (Å²) >= 11 is 1.30. The van der Waals surface area contributed by atoms with E-state index in [1.807, 2.05) is 36.4 Å². The molecule has 0 saturated heterocycles. The van der Waals surface area contributed by atoms with Crippen molar-refractivity contribution in [2.45, 2.75) is 4.21 Å². The number of rotatable bonds is 2. The van der Waals surface area contributed by atoms with Gasteiger partial charge in [-0.15, -0.1) is 11.3 Å². The van der Waals surface area contributed by atoms with Gasteiger partial charge in [-0.2, -0.15) is 0 Å². The Morgan fingerprint density at radius 2 is 1.82 bits per heavy atom. The van der Waals surface area contributed by atoms with E-state index in [-0.39, 0.29) is 0 Å². The predicted molar refractivity (Wildman–Crippen MR) is 88.3 cm³/mol. The molecule has 1 aliphatic heterocycles. The summed E-state index contributed by atoms with van der Waals surface area (Å²) < 4.78 is 34.3. The van der Waals surface area contributed by atoms with E-state index in [1.165, 1.54) is 15.6 Å². The lowest BCUT2D eigenvalue weighted by Gasteiger charge is -2.29. The molecular formula is C16H13NO3S2. The van der Waals surface area contributed by atoms with Crippen LogP contribution in [0.2, 0.25) is 0 Å². The van der Waals surface area contributed by atoms with E-state index in [1.54, 1.807) is 18.2 Å². The molecule has 0 amide bonds. The van der Waals surface area contributed by atoms with E-state index in [0.717, 1.165) is 10.1 Å². The van der Waals surface area contributed by atoms with Gasteiger partial charge in [-0.1, -0.05) is 30.3 Å². The van der Waals surface area contributed by atoms with Gasteiger partial charge in [0.25, 0.3) is 10.0 Å². The summed E-state index contributed by atoms with van der Waals surface area (Å²) in [5.41, 5.74) is 0.603. The number of hydrogen-bond donors (Lipinski definition) is 0. The Hall–Kier alpha value is -2.05. The van der Waals surface area contributed by atoms with Crippen molar-refractivity contribution in [3.8, 4) is 5.75 Å². The van der Waals surface area contributed by atoms with E-state index >= 15 is 0 Å². The molecule has 0 N–H and O–H groups in total. The van der Waals surface area contributed by atoms with Crippen LogP contribution >= 0.6 is 11.3 Å². The highest BCUT2D eigenvalue weighted by Gasteiger charge is 2.31. The lowest BCUT2D eigenvalue weighted by molar-refractivity contribution is 0.316. The molecule has 0 aliphatic carbocycles. The third kappa shape index (κ3) is 2.07. The smallest absolute Gasteiger partial charge is 0.274 e. The first-order valence-corrected chi connectivity index (χ1v) is 9.15. The number of ether oxygens (including phenoxy) is 1. The molecule has 2 aromatic carbocycles. The summed E-state index contributed by atoms with van der Waals surface area (Å²) in [5.74, 6) is 0.610. The van der Waals surface area contributed by atoms with Crippen molar-refractivity contribution in [1.29, 1.82) is 0 Å². The maximum Gasteiger partial charge on any atom is 0.274 e. The van der Waals surface area contributed by atoms with Crippen LogP contribution < -0.4 is 9.04 Å². The van der Waals surface area contributed by atoms with Gasteiger partial charge in [0.1, 0.15) is 16.6 Å². The fourth-order valence-corrected chi connectivity index (χ4v) is 5.56. The van der Waals surface area contributed by atoms with Crippen molar-refractivity contribution in [1.82, 2.24) is 0 Å². The zero-order chi connectivity index (χ0) is 15.2. The molecule has 112 valence electrons. The maximum absolute atomic E-state index is 13.0. The molecule has 6 heteroatoms. The highest BCUT2D eigenvalue weighted by Crippen LogP contribution is 2.37. The molecule has 22 heavy (non-hydrogen) atoms. The van der Waals surface area contributed by atoms with E-state index in [9.17, 15) is 8.42 Å². The van der Waals surface area contributed by atoms with E-state index < -0.39 is 10.0 Å². The van der Waals surface area contributed by atoms with Crippen LogP contribution in [0.15, 0.2) is 58.8 Å². The molecule has 4 nitrogen and oxygen atoms in total. The average Bonchev–Trinajstić information content (AvgIpc) is 2.99. The standard InChI is InChI=1S/C16H13NO3S2/c18-22(19,16-11-12-5-1-4-8-15(12)21-16)17-9-10-20-14-7-3-2-6-13(14)17/h1-8,11H,9-10H2. The number of hydrogen-bond acceptors (Lipinski definition) is 4. The molecule has 0 radical (unpaired) electrons. The van der Waals surface area contributed by atoms with Crippen molar-refractivity contribution in [3.63, 3.8) is 0 Å². The van der Waals surface area contributed by atoms with Crippen LogP contribution in [0.25, 0.3) is 10.1 Å². The van der Waals surface area contributed by atoms with Crippen LogP contribution in [0.4, 0.5) is 5.69 Å². The molecule has 0 spiro atoms. The summed E-state index contributed by atoms with van der Waals surface area (Å²) in [5, 5.41) is 0.951. The van der Waals surface area contributed by atoms with Crippen LogP contribution in [0.3, 0.4) is 0 Å². The monoisotopic (exact) mass is 331 g/mol. The Morgan fingerprint density at radius 1 is 1.05 bits per heavy atom. The first-order chi connectivity index (χ1) is 10.7. The fraction of sp³-hybridized carbons (Fsp3) is 0.125. The number of anilines is 1. The maximum atomic E-state index is 13.0. The SMILES string of the molecule is O=S(=O)(c1cc2ccccc2s1)N1CCOc2ccccc21. The average molecular weight is 331 g/mol. The predicted octanol–water partition coefficient (Wildman–Crippen LogP) is 3.49. The van der Waals surface area contributed by atoms with E-state index in [0.29, 0.717) is 28.8 Å². The molecular weight excluding hydrogens is 318 g/mol. The fourth-order valence-electron chi connectivity index (χ4n) is 2.59. The lowest BCUT2D eigenvalue weighted by Crippen LogP contribution is -2.37. The minimum Gasteiger partial charge on any atom is -0.489 e. The van der Waals surface area contributed by atoms with E-state index in [4.69, 9.17) is 4.74 Å². The summed E-state index contributed by atoms with van der Waals surface area (Å²) in [6.07, 6.45) is 0. The topological polar surface area (TPSA) is 46.6 Å². The zero-order valence-corrected chi connectivity index (χ0v) is 13.2. The molecule has 1 aliphatic rings. The second kappa shape index (κ2) is 5.00. The highest BCUT2D eigenvalue weighted by atomic mass is 32.2. The van der Waals surface area contributed by atoms with Crippen molar-refractivity contribution in [3.05, 3.63) is 54.6 Å². The summed E-state index contributed by atoms with van der Waals surface area (Å²) in [6.45, 7) is 0.689. The zero-order valence-electron chi connectivity index (χ0n) is 11.6. The van der Waals surface area contributed by atoms with Crippen molar-refractivity contribution >= 4 is 37.1 Å². The van der Waals surface area contributed by atoms with Gasteiger partial charge in [-0.3, -0.25) is 4.31 Å². The molecule has 2 heterocycles. The van der Waals surface area contributed by atoms with Gasteiger partial charge in [0.05, 0.1) is 12.2 Å². The van der Waals surface area contributed by atoms with Crippen molar-refractivity contribution < 1.29 is 13.2 Å². The molecule has 3 aromatic rings. The normalized spacial score (nSPS) is 14.6. The molecule has 0 fully saturated rings. The molecule has 0 saturated carbocycles. The minimum absolute atomic E-state index is 0.327. The number of benzene rings is 2. The molecule has 0 bridgehead atoms. The number of sulfonamides is 1. The summed E-state index contributed by atoms with van der Waals surface area (Å²) in [4.78, 5) is 0. The Balaban J connectivity index is 1.84. The minimum atomic E-state index is -3.57. The first kappa shape index (κ1) is 13.6. The summed E-state index contributed by atoms with van der Waals surface area (Å²) in [7, 11) is -3.57. The Morgan fingerprint density at radius 3 is 2.68 bits per heavy atom. The Bertz CT molecular complexity index is 914. The van der Waals surface area contributed by atoms with Crippen LogP contribution in [-0.2, 0) is 10.0 Å². The van der Waals surface area contributed by atoms with Crippen LogP contribution in [0.1, 0.15) is 0 Å². The number of nitrogens with zero attached hydrogens (tertiary/aromatic N) is 1. The number of thiophene rings is 1. The molecule has 0 atom stereocenters. The van der Waals surface area contributed by atoms with Crippen LogP contribution in [-0.4, -0.2) is 21.6 Å². The molecule has 4 rings (SSSR count). The van der Waals surface area contributed by atoms with Gasteiger partial charge in [-0.25, -0.2) is 8.42 Å². The van der Waals surface area contributed by atoms with Crippen LogP contribution in [0, 0.1) is 0 Å². The second-order valence-corrected chi connectivity index (χ2v) is 8.17. The first-order valence-electron chi connectivity index (χ1n) is 6.89. The number of fused-ring (bicyclic) bond motifs is 2. The molecule has 1 aromatic heterocycles. The molecule has 0 unspecified atom stereocenters. The lowest BCUT2D eigenvalue weighted by atomic mass is 10.2. The second-order valence-electron chi connectivity index (χ2n) is 5.00. The van der Waals surface area contributed by atoms with Crippen LogP contribution in [0.5, 0.6) is 5.75 Å². The van der Waals surface area contributed by atoms with Gasteiger partial charge in [-0.05, 0) is 29.7 Å². The Labute approximate surface area is 132 Å². The third-order valence-electron chi connectivity index (χ3n) is 3.63. The number of para-hydroxylation sites is 2. The van der Waals surface area contributed by atoms with Gasteiger partial charge in [0.2, 0.25) is 0 Å². The van der Waals surface area contributed by atoms with E-state index in [2.05, 4.69) is 0 Å².